The van der Waals surface area contributed by atoms with Gasteiger partial charge in [-0.15, -0.1) is 0 Å². The number of guanidine groups is 1. The molecule has 30 heavy (non-hydrogen) atoms. The molecule has 2 aromatic carbocycles. The third-order valence-corrected chi connectivity index (χ3v) is 4.67. The van der Waals surface area contributed by atoms with Crippen molar-refractivity contribution in [3.05, 3.63) is 89.2 Å². The number of nitrogens with one attached hydrogen (secondary N) is 3. The van der Waals surface area contributed by atoms with Gasteiger partial charge in [0.1, 0.15) is 0 Å². The molecule has 0 aliphatic rings. The van der Waals surface area contributed by atoms with Gasteiger partial charge in [0.05, 0.1) is 6.54 Å². The molecule has 7 nitrogen and oxygen atoms in total. The minimum absolute atomic E-state index is 0.0596. The van der Waals surface area contributed by atoms with Crippen LogP contribution in [0.2, 0.25) is 0 Å². The first-order valence-electron chi connectivity index (χ1n) is 10.1. The second kappa shape index (κ2) is 10.8. The van der Waals surface area contributed by atoms with Crippen LogP contribution in [0.3, 0.4) is 0 Å². The number of hydrogen-bond acceptors (Lipinski definition) is 3. The van der Waals surface area contributed by atoms with E-state index in [9.17, 15) is 4.79 Å². The Balaban J connectivity index is 1.57. The Labute approximate surface area is 177 Å². The second-order valence-corrected chi connectivity index (χ2v) is 6.81. The first-order valence-corrected chi connectivity index (χ1v) is 10.1. The highest BCUT2D eigenvalue weighted by Gasteiger charge is 2.07. The number of aliphatic imine (C=N–C) groups is 1. The van der Waals surface area contributed by atoms with E-state index in [0.29, 0.717) is 31.2 Å². The van der Waals surface area contributed by atoms with Gasteiger partial charge < -0.3 is 16.0 Å². The largest absolute Gasteiger partial charge is 0.352 e. The standard InChI is InChI=1S/C23H28N6O/c1-3-25-22(30)19-11-6-8-18(14-19)15-26-23(24-2)27-16-20-9-4-5-10-21(20)17-29-13-7-12-28-29/h4-14H,3,15-17H2,1-2H3,(H,25,30)(H2,24,26,27). The van der Waals surface area contributed by atoms with E-state index in [0.717, 1.165) is 12.1 Å². The molecule has 156 valence electrons. The molecule has 0 fully saturated rings. The lowest BCUT2D eigenvalue weighted by Gasteiger charge is -2.15. The van der Waals surface area contributed by atoms with Crippen molar-refractivity contribution in [3.8, 4) is 0 Å². The summed E-state index contributed by atoms with van der Waals surface area (Å²) >= 11 is 0. The van der Waals surface area contributed by atoms with E-state index in [-0.39, 0.29) is 5.91 Å². The normalized spacial score (nSPS) is 11.2. The summed E-state index contributed by atoms with van der Waals surface area (Å²) in [5.41, 5.74) is 4.07. The number of rotatable bonds is 8. The molecule has 0 aliphatic carbocycles. The van der Waals surface area contributed by atoms with Gasteiger partial charge in [0.15, 0.2) is 5.96 Å². The van der Waals surface area contributed by atoms with Gasteiger partial charge in [0, 0.05) is 44.6 Å². The Hall–Kier alpha value is -3.61. The fourth-order valence-corrected chi connectivity index (χ4v) is 3.12. The van der Waals surface area contributed by atoms with Crippen molar-refractivity contribution in [2.24, 2.45) is 4.99 Å². The molecule has 3 N–H and O–H groups in total. The average molecular weight is 405 g/mol. The summed E-state index contributed by atoms with van der Waals surface area (Å²) in [6.07, 6.45) is 3.74. The van der Waals surface area contributed by atoms with Crippen LogP contribution in [0.1, 0.15) is 34.0 Å². The van der Waals surface area contributed by atoms with Gasteiger partial charge in [0.25, 0.3) is 5.91 Å². The van der Waals surface area contributed by atoms with Crippen molar-refractivity contribution in [1.29, 1.82) is 0 Å². The van der Waals surface area contributed by atoms with E-state index in [1.165, 1.54) is 11.1 Å². The Bertz CT molecular complexity index is 981. The van der Waals surface area contributed by atoms with Gasteiger partial charge in [-0.3, -0.25) is 14.5 Å². The van der Waals surface area contributed by atoms with Crippen LogP contribution in [-0.4, -0.2) is 35.2 Å². The summed E-state index contributed by atoms with van der Waals surface area (Å²) < 4.78 is 1.91. The molecule has 0 aliphatic heterocycles. The van der Waals surface area contributed by atoms with Crippen molar-refractivity contribution >= 4 is 11.9 Å². The maximum Gasteiger partial charge on any atom is 0.251 e. The third-order valence-electron chi connectivity index (χ3n) is 4.67. The van der Waals surface area contributed by atoms with E-state index in [1.54, 1.807) is 13.2 Å². The Morgan fingerprint density at radius 3 is 2.53 bits per heavy atom. The summed E-state index contributed by atoms with van der Waals surface area (Å²) in [4.78, 5) is 16.3. The highest BCUT2D eigenvalue weighted by molar-refractivity contribution is 5.94. The molecule has 0 bridgehead atoms. The maximum absolute atomic E-state index is 12.0. The number of nitrogens with zero attached hydrogens (tertiary/aromatic N) is 3. The van der Waals surface area contributed by atoms with E-state index < -0.39 is 0 Å². The van der Waals surface area contributed by atoms with E-state index in [1.807, 2.05) is 60.3 Å². The predicted octanol–water partition coefficient (Wildman–Crippen LogP) is 2.55. The van der Waals surface area contributed by atoms with Crippen molar-refractivity contribution in [2.75, 3.05) is 13.6 Å². The van der Waals surface area contributed by atoms with Gasteiger partial charge in [-0.2, -0.15) is 5.10 Å². The minimum Gasteiger partial charge on any atom is -0.352 e. The molecule has 1 aromatic heterocycles. The Morgan fingerprint density at radius 1 is 1.00 bits per heavy atom. The highest BCUT2D eigenvalue weighted by atomic mass is 16.1. The van der Waals surface area contributed by atoms with Crippen molar-refractivity contribution in [1.82, 2.24) is 25.7 Å². The molecule has 0 unspecified atom stereocenters. The zero-order chi connectivity index (χ0) is 21.2. The van der Waals surface area contributed by atoms with Crippen LogP contribution in [0.4, 0.5) is 0 Å². The smallest absolute Gasteiger partial charge is 0.251 e. The predicted molar refractivity (Wildman–Crippen MR) is 119 cm³/mol. The summed E-state index contributed by atoms with van der Waals surface area (Å²) in [5, 5.41) is 13.8. The van der Waals surface area contributed by atoms with Crippen LogP contribution >= 0.6 is 0 Å². The molecule has 0 saturated heterocycles. The fourth-order valence-electron chi connectivity index (χ4n) is 3.12. The Kier molecular flexibility index (Phi) is 7.60. The molecule has 7 heteroatoms. The molecule has 1 heterocycles. The summed E-state index contributed by atoms with van der Waals surface area (Å²) in [7, 11) is 1.75. The van der Waals surface area contributed by atoms with Crippen LogP contribution in [0.5, 0.6) is 0 Å². The molecule has 0 atom stereocenters. The molecule has 0 spiro atoms. The van der Waals surface area contributed by atoms with Gasteiger partial charge in [-0.25, -0.2) is 0 Å². The lowest BCUT2D eigenvalue weighted by atomic mass is 10.1. The number of amides is 1. The second-order valence-electron chi connectivity index (χ2n) is 6.81. The maximum atomic E-state index is 12.0. The van der Waals surface area contributed by atoms with Crippen LogP contribution in [0.25, 0.3) is 0 Å². The van der Waals surface area contributed by atoms with Crippen LogP contribution in [-0.2, 0) is 19.6 Å². The van der Waals surface area contributed by atoms with E-state index in [2.05, 4.69) is 38.2 Å². The summed E-state index contributed by atoms with van der Waals surface area (Å²) in [6.45, 7) is 4.47. The molecule has 0 saturated carbocycles. The number of carbonyl (C=O) groups is 1. The fraction of sp³-hybridized carbons (Fsp3) is 0.261. The van der Waals surface area contributed by atoms with Gasteiger partial charge in [0.2, 0.25) is 0 Å². The summed E-state index contributed by atoms with van der Waals surface area (Å²) in [5.74, 6) is 0.642. The number of hydrogen-bond donors (Lipinski definition) is 3. The van der Waals surface area contributed by atoms with Crippen LogP contribution < -0.4 is 16.0 Å². The van der Waals surface area contributed by atoms with Gasteiger partial charge in [-0.05, 0) is 41.8 Å². The SMILES string of the molecule is CCNC(=O)c1cccc(CNC(=NC)NCc2ccccc2Cn2cccn2)c1. The molecule has 3 aromatic rings. The summed E-state index contributed by atoms with van der Waals surface area (Å²) in [6, 6.07) is 17.8. The minimum atomic E-state index is -0.0596. The number of carbonyl (C=O) groups excluding carboxylic acids is 1. The van der Waals surface area contributed by atoms with Crippen molar-refractivity contribution < 1.29 is 4.79 Å². The van der Waals surface area contributed by atoms with E-state index in [4.69, 9.17) is 0 Å². The number of aromatic nitrogens is 2. The topological polar surface area (TPSA) is 83.3 Å². The monoisotopic (exact) mass is 404 g/mol. The van der Waals surface area contributed by atoms with Crippen molar-refractivity contribution in [3.63, 3.8) is 0 Å². The lowest BCUT2D eigenvalue weighted by molar-refractivity contribution is 0.0955. The van der Waals surface area contributed by atoms with Crippen molar-refractivity contribution in [2.45, 2.75) is 26.6 Å². The highest BCUT2D eigenvalue weighted by Crippen LogP contribution is 2.10. The average Bonchev–Trinajstić information content (AvgIpc) is 3.28. The zero-order valence-electron chi connectivity index (χ0n) is 17.4. The van der Waals surface area contributed by atoms with Gasteiger partial charge in [-0.1, -0.05) is 36.4 Å². The molecule has 0 radical (unpaired) electrons. The first kappa shape index (κ1) is 21.1. The van der Waals surface area contributed by atoms with Crippen LogP contribution in [0.15, 0.2) is 72.0 Å². The number of benzene rings is 2. The molecule has 1 amide bonds. The third kappa shape index (κ3) is 5.94. The van der Waals surface area contributed by atoms with Crippen LogP contribution in [0, 0.1) is 0 Å². The molecular weight excluding hydrogens is 376 g/mol. The Morgan fingerprint density at radius 2 is 1.80 bits per heavy atom. The van der Waals surface area contributed by atoms with Gasteiger partial charge >= 0.3 is 0 Å². The first-order chi connectivity index (χ1) is 14.7. The molecule has 3 rings (SSSR count). The van der Waals surface area contributed by atoms with E-state index >= 15 is 0 Å². The lowest BCUT2D eigenvalue weighted by Crippen LogP contribution is -2.36. The zero-order valence-corrected chi connectivity index (χ0v) is 17.4. The molecular formula is C23H28N6O. The quantitative estimate of drug-likeness (QED) is 0.398.